The molecule has 0 bridgehead atoms. The minimum absolute atomic E-state index is 0.127. The lowest BCUT2D eigenvalue weighted by molar-refractivity contribution is -0.192. The molecule has 2 aromatic carbocycles. The molecule has 14 heteroatoms. The number of amides is 1. The topological polar surface area (TPSA) is 158 Å². The fourth-order valence-electron chi connectivity index (χ4n) is 5.40. The van der Waals surface area contributed by atoms with Crippen molar-refractivity contribution in [3.63, 3.8) is 0 Å². The minimum atomic E-state index is -5.08. The Kier molecular flexibility index (Phi) is 9.60. The number of benzene rings is 2. The van der Waals surface area contributed by atoms with Crippen LogP contribution in [0.2, 0.25) is 0 Å². The van der Waals surface area contributed by atoms with Crippen molar-refractivity contribution >= 4 is 32.8 Å². The predicted octanol–water partition coefficient (Wildman–Crippen LogP) is 3.33. The molecule has 3 heterocycles. The molecule has 0 spiro atoms. The number of aromatic nitrogens is 1. The molecule has 228 valence electrons. The van der Waals surface area contributed by atoms with Crippen molar-refractivity contribution < 1.29 is 36.3 Å². The molecule has 42 heavy (non-hydrogen) atoms. The van der Waals surface area contributed by atoms with Crippen molar-refractivity contribution in [2.24, 2.45) is 5.73 Å². The Hall–Kier alpha value is -3.46. The monoisotopic (exact) mass is 609 g/mol. The van der Waals surface area contributed by atoms with Gasteiger partial charge in [-0.1, -0.05) is 18.2 Å². The smallest absolute Gasteiger partial charge is 0.475 e. The largest absolute Gasteiger partial charge is 0.490 e. The number of carboxylic acid groups (broad SMARTS) is 1. The van der Waals surface area contributed by atoms with Crippen LogP contribution in [0.3, 0.4) is 0 Å². The minimum Gasteiger partial charge on any atom is -0.475 e. The number of aliphatic carboxylic acids is 1. The number of piperazine rings is 1. The zero-order valence-electron chi connectivity index (χ0n) is 23.0. The summed E-state index contributed by atoms with van der Waals surface area (Å²) in [6.07, 6.45) is -1.63. The van der Waals surface area contributed by atoms with Gasteiger partial charge < -0.3 is 26.5 Å². The van der Waals surface area contributed by atoms with Crippen LogP contribution in [0, 0.1) is 0 Å². The zero-order chi connectivity index (χ0) is 30.7. The van der Waals surface area contributed by atoms with Crippen molar-refractivity contribution in [1.29, 1.82) is 0 Å². The maximum absolute atomic E-state index is 12.4. The van der Waals surface area contributed by atoms with Crippen LogP contribution in [-0.4, -0.2) is 79.3 Å². The lowest BCUT2D eigenvalue weighted by atomic mass is 9.88. The second kappa shape index (κ2) is 12.8. The number of rotatable bonds is 6. The number of carbonyl (C=O) groups excluding carboxylic acids is 1. The highest BCUT2D eigenvalue weighted by atomic mass is 32.2. The number of H-pyrrole nitrogens is 1. The van der Waals surface area contributed by atoms with Crippen LogP contribution < -0.4 is 16.4 Å². The van der Waals surface area contributed by atoms with E-state index in [0.29, 0.717) is 18.7 Å². The zero-order valence-corrected chi connectivity index (χ0v) is 23.8. The number of aromatic amines is 1. The number of primary amides is 1. The number of halogens is 3. The quantitative estimate of drug-likeness (QED) is 0.287. The van der Waals surface area contributed by atoms with Crippen molar-refractivity contribution in [1.82, 2.24) is 19.9 Å². The number of nitrogens with zero attached hydrogens (tertiary/aromatic N) is 1. The molecule has 1 aromatic heterocycles. The molecule has 0 aliphatic carbocycles. The molecule has 5 rings (SSSR count). The number of sulfonamides is 1. The Labute approximate surface area is 241 Å². The number of nitrogens with two attached hydrogens (primary N) is 1. The molecule has 2 saturated heterocycles. The summed E-state index contributed by atoms with van der Waals surface area (Å²) in [4.78, 5) is 24.6. The maximum atomic E-state index is 12.4. The number of nitrogens with one attached hydrogen (secondary N) is 3. The summed E-state index contributed by atoms with van der Waals surface area (Å²) in [7, 11) is -3.18. The average Bonchev–Trinajstić information content (AvgIpc) is 3.41. The third kappa shape index (κ3) is 7.12. The molecular formula is C28H34F3N5O5S. The summed E-state index contributed by atoms with van der Waals surface area (Å²) < 4.78 is 57.9. The first-order chi connectivity index (χ1) is 19.8. The Morgan fingerprint density at radius 2 is 1.79 bits per heavy atom. The first kappa shape index (κ1) is 31.5. The Morgan fingerprint density at radius 3 is 2.36 bits per heavy atom. The third-order valence-corrected chi connectivity index (χ3v) is 9.53. The lowest BCUT2D eigenvalue weighted by Gasteiger charge is -2.31. The Bertz CT molecular complexity index is 1540. The molecule has 1 amide bonds. The number of fused-ring (bicyclic) bond motifs is 1. The van der Waals surface area contributed by atoms with E-state index >= 15 is 0 Å². The molecule has 0 radical (unpaired) electrons. The van der Waals surface area contributed by atoms with E-state index in [-0.39, 0.29) is 17.7 Å². The summed E-state index contributed by atoms with van der Waals surface area (Å²) in [5.41, 5.74) is 11.3. The number of hydrogen-bond acceptors (Lipinski definition) is 6. The van der Waals surface area contributed by atoms with E-state index in [1.165, 1.54) is 5.56 Å². The van der Waals surface area contributed by atoms with E-state index in [2.05, 4.69) is 45.9 Å². The van der Waals surface area contributed by atoms with Crippen LogP contribution in [-0.2, 0) is 14.8 Å². The molecular weight excluding hydrogens is 575 g/mol. The van der Waals surface area contributed by atoms with Gasteiger partial charge in [0.05, 0.1) is 16.8 Å². The summed E-state index contributed by atoms with van der Waals surface area (Å²) >= 11 is 0. The standard InChI is InChI=1S/C26H33N5O3S.C2HF3O2/c1-2-35(33,34)31-10-6-17(7-11-31)23-15-30-25-21(23)13-20(14-22(25)26(27)32)18-4-3-5-19(12-18)24-16-28-8-9-29-24;3-2(4,5)1(6)7/h3-5,12-15,17,24,28-30H,2,6-11,16H2,1H3,(H2,27,32);(H,6,7). The first-order valence-corrected chi connectivity index (χ1v) is 15.2. The molecule has 2 fully saturated rings. The molecule has 10 nitrogen and oxygen atoms in total. The number of piperidine rings is 1. The van der Waals surface area contributed by atoms with Crippen LogP contribution >= 0.6 is 0 Å². The Morgan fingerprint density at radius 1 is 1.10 bits per heavy atom. The van der Waals surface area contributed by atoms with Gasteiger partial charge in [0.2, 0.25) is 10.0 Å². The van der Waals surface area contributed by atoms with Gasteiger partial charge in [0.25, 0.3) is 5.91 Å². The molecule has 1 unspecified atom stereocenters. The first-order valence-electron chi connectivity index (χ1n) is 13.6. The molecule has 2 aliphatic rings. The fraction of sp³-hybridized carbons (Fsp3) is 0.429. The van der Waals surface area contributed by atoms with Gasteiger partial charge in [-0.15, -0.1) is 0 Å². The average molecular weight is 610 g/mol. The van der Waals surface area contributed by atoms with Gasteiger partial charge in [-0.3, -0.25) is 4.79 Å². The normalized spacial score (nSPS) is 18.8. The van der Waals surface area contributed by atoms with E-state index in [1.807, 2.05) is 12.3 Å². The van der Waals surface area contributed by atoms with Crippen LogP contribution in [0.1, 0.15) is 53.2 Å². The van der Waals surface area contributed by atoms with Crippen LogP contribution in [0.25, 0.3) is 22.0 Å². The van der Waals surface area contributed by atoms with Crippen molar-refractivity contribution in [2.45, 2.75) is 37.9 Å². The summed E-state index contributed by atoms with van der Waals surface area (Å²) in [6.45, 7) is 5.49. The molecule has 2 aliphatic heterocycles. The van der Waals surface area contributed by atoms with Gasteiger partial charge in [-0.05, 0) is 66.1 Å². The van der Waals surface area contributed by atoms with E-state index in [1.54, 1.807) is 11.2 Å². The highest BCUT2D eigenvalue weighted by Crippen LogP contribution is 2.37. The summed E-state index contributed by atoms with van der Waals surface area (Å²) in [5, 5.41) is 15.1. The molecule has 6 N–H and O–H groups in total. The van der Waals surface area contributed by atoms with E-state index in [4.69, 9.17) is 15.6 Å². The summed E-state index contributed by atoms with van der Waals surface area (Å²) in [6, 6.07) is 12.7. The van der Waals surface area contributed by atoms with Crippen molar-refractivity contribution in [3.8, 4) is 11.1 Å². The molecule has 0 saturated carbocycles. The fourth-order valence-corrected chi connectivity index (χ4v) is 6.54. The van der Waals surface area contributed by atoms with Crippen LogP contribution in [0.15, 0.2) is 42.6 Å². The number of hydrogen-bond donors (Lipinski definition) is 5. The van der Waals surface area contributed by atoms with Crippen molar-refractivity contribution in [3.05, 3.63) is 59.3 Å². The second-order valence-electron chi connectivity index (χ2n) is 10.3. The van der Waals surface area contributed by atoms with Gasteiger partial charge in [0.1, 0.15) is 0 Å². The van der Waals surface area contributed by atoms with E-state index in [0.717, 1.165) is 60.1 Å². The summed E-state index contributed by atoms with van der Waals surface area (Å²) in [5.74, 6) is -2.88. The number of carbonyl (C=O) groups is 2. The SMILES string of the molecule is CCS(=O)(=O)N1CCC(c2c[nH]c3c(C(N)=O)cc(-c4cccc(C5CNCCN5)c4)cc23)CC1.O=C(O)C(F)(F)F. The van der Waals surface area contributed by atoms with Crippen molar-refractivity contribution in [2.75, 3.05) is 38.5 Å². The molecule has 1 atom stereocenters. The predicted molar refractivity (Wildman–Crippen MR) is 153 cm³/mol. The Balaban J connectivity index is 0.000000517. The van der Waals surface area contributed by atoms with Crippen LogP contribution in [0.4, 0.5) is 13.2 Å². The van der Waals surface area contributed by atoms with Crippen LogP contribution in [0.5, 0.6) is 0 Å². The highest BCUT2D eigenvalue weighted by Gasteiger charge is 2.38. The third-order valence-electron chi connectivity index (χ3n) is 7.64. The molecule has 3 aromatic rings. The van der Waals surface area contributed by atoms with Gasteiger partial charge in [-0.2, -0.15) is 13.2 Å². The van der Waals surface area contributed by atoms with Gasteiger partial charge in [0, 0.05) is 50.3 Å². The number of carboxylic acids is 1. The lowest BCUT2D eigenvalue weighted by Crippen LogP contribution is -2.42. The highest BCUT2D eigenvalue weighted by molar-refractivity contribution is 7.89. The van der Waals surface area contributed by atoms with E-state index in [9.17, 15) is 26.4 Å². The van der Waals surface area contributed by atoms with Gasteiger partial charge in [0.15, 0.2) is 0 Å². The second-order valence-corrected chi connectivity index (χ2v) is 12.5. The van der Waals surface area contributed by atoms with E-state index < -0.39 is 28.1 Å². The van der Waals surface area contributed by atoms with Gasteiger partial charge in [-0.25, -0.2) is 17.5 Å². The number of alkyl halides is 3. The maximum Gasteiger partial charge on any atom is 0.490 e. The van der Waals surface area contributed by atoms with Gasteiger partial charge >= 0.3 is 12.1 Å².